The number of carbonyl (C=O) groups excluding carboxylic acids is 3. The minimum atomic E-state index is -1.69. The quantitative estimate of drug-likeness (QED) is 0.125. The standard InChI is InChI=1S/C37H44O9/c1-4-16-30(38)44-33-29(43-36(41)35(46-32(40)18-6-3)34(33)45-31(39)17-5-2)25-42-37(26-19-10-7-11-20-26,27-21-12-8-13-22-27)28-23-14-9-15-24-28/h7-15,19-24,29,33-36,41H,4-6,16-18,25H2,1-3H3/t29-,33-,34+,35-,36?/m1/s1. The van der Waals surface area contributed by atoms with Gasteiger partial charge in [-0.15, -0.1) is 0 Å². The number of carbonyl (C=O) groups is 3. The largest absolute Gasteiger partial charge is 0.455 e. The number of esters is 3. The molecule has 5 atom stereocenters. The maximum Gasteiger partial charge on any atom is 0.306 e. The first kappa shape index (κ1) is 34.8. The molecule has 1 saturated heterocycles. The van der Waals surface area contributed by atoms with E-state index in [9.17, 15) is 19.5 Å². The van der Waals surface area contributed by atoms with Crippen LogP contribution < -0.4 is 0 Å². The van der Waals surface area contributed by atoms with Crippen molar-refractivity contribution in [2.24, 2.45) is 0 Å². The molecule has 1 aliphatic rings. The summed E-state index contributed by atoms with van der Waals surface area (Å²) in [5.74, 6) is -1.73. The third kappa shape index (κ3) is 8.40. The molecule has 0 saturated carbocycles. The number of aliphatic hydroxyl groups is 1. The van der Waals surface area contributed by atoms with Crippen LogP contribution in [0.15, 0.2) is 91.0 Å². The zero-order valence-electron chi connectivity index (χ0n) is 26.7. The second kappa shape index (κ2) is 17.0. The van der Waals surface area contributed by atoms with Gasteiger partial charge < -0.3 is 28.8 Å². The van der Waals surface area contributed by atoms with Crippen molar-refractivity contribution in [2.45, 2.75) is 95.6 Å². The van der Waals surface area contributed by atoms with Gasteiger partial charge in [-0.1, -0.05) is 112 Å². The summed E-state index contributed by atoms with van der Waals surface area (Å²) in [5, 5.41) is 11.2. The molecule has 0 radical (unpaired) electrons. The first-order chi connectivity index (χ1) is 22.3. The van der Waals surface area contributed by atoms with Gasteiger partial charge in [-0.05, 0) is 36.0 Å². The summed E-state index contributed by atoms with van der Waals surface area (Å²) < 4.78 is 30.3. The average molecular weight is 633 g/mol. The maximum atomic E-state index is 13.0. The van der Waals surface area contributed by atoms with Crippen LogP contribution in [-0.2, 0) is 43.7 Å². The fraction of sp³-hybridized carbons (Fsp3) is 0.432. The lowest BCUT2D eigenvalue weighted by Gasteiger charge is -2.44. The SMILES string of the molecule is CCCC(=O)O[C@H]1[C@H](OC(=O)CCC)[C@@H](OC(=O)CCC)C(O)O[C@@H]1COC(c1ccccc1)(c1ccccc1)c1ccccc1. The van der Waals surface area contributed by atoms with E-state index in [4.69, 9.17) is 23.7 Å². The number of benzene rings is 3. The Morgan fingerprint density at radius 3 is 1.37 bits per heavy atom. The summed E-state index contributed by atoms with van der Waals surface area (Å²) in [4.78, 5) is 38.4. The molecule has 9 nitrogen and oxygen atoms in total. The van der Waals surface area contributed by atoms with Crippen molar-refractivity contribution in [3.05, 3.63) is 108 Å². The molecule has 0 aromatic heterocycles. The van der Waals surface area contributed by atoms with E-state index >= 15 is 0 Å². The predicted molar refractivity (Wildman–Crippen MR) is 170 cm³/mol. The minimum Gasteiger partial charge on any atom is -0.455 e. The molecule has 1 aliphatic heterocycles. The van der Waals surface area contributed by atoms with E-state index in [1.807, 2.05) is 112 Å². The summed E-state index contributed by atoms with van der Waals surface area (Å²) in [6.45, 7) is 5.28. The number of rotatable bonds is 15. The van der Waals surface area contributed by atoms with Crippen LogP contribution in [0.3, 0.4) is 0 Å². The predicted octanol–water partition coefficient (Wildman–Crippen LogP) is 5.85. The number of hydrogen-bond donors (Lipinski definition) is 1. The first-order valence-corrected chi connectivity index (χ1v) is 16.1. The third-order valence-corrected chi connectivity index (χ3v) is 7.78. The van der Waals surface area contributed by atoms with Crippen LogP contribution in [0.25, 0.3) is 0 Å². The van der Waals surface area contributed by atoms with E-state index in [-0.39, 0.29) is 25.9 Å². The minimum absolute atomic E-state index is 0.0823. The van der Waals surface area contributed by atoms with Crippen LogP contribution in [-0.4, -0.2) is 60.3 Å². The topological polar surface area (TPSA) is 118 Å². The summed E-state index contributed by atoms with van der Waals surface area (Å²) in [6, 6.07) is 29.1. The van der Waals surface area contributed by atoms with Crippen LogP contribution in [0, 0.1) is 0 Å². The van der Waals surface area contributed by atoms with Crippen LogP contribution in [0.1, 0.15) is 76.0 Å². The van der Waals surface area contributed by atoms with Crippen molar-refractivity contribution in [3.63, 3.8) is 0 Å². The molecule has 0 bridgehead atoms. The van der Waals surface area contributed by atoms with Crippen molar-refractivity contribution >= 4 is 17.9 Å². The van der Waals surface area contributed by atoms with Crippen molar-refractivity contribution in [3.8, 4) is 0 Å². The van der Waals surface area contributed by atoms with Gasteiger partial charge in [0.2, 0.25) is 0 Å². The molecular formula is C37H44O9. The second-order valence-electron chi connectivity index (χ2n) is 11.3. The van der Waals surface area contributed by atoms with Gasteiger partial charge in [-0.3, -0.25) is 14.4 Å². The van der Waals surface area contributed by atoms with E-state index in [2.05, 4.69) is 0 Å². The molecule has 1 heterocycles. The van der Waals surface area contributed by atoms with Crippen LogP contribution >= 0.6 is 0 Å². The smallest absolute Gasteiger partial charge is 0.306 e. The summed E-state index contributed by atoms with van der Waals surface area (Å²) in [5.41, 5.74) is 1.36. The molecule has 4 rings (SSSR count). The number of aliphatic hydroxyl groups excluding tert-OH is 1. The lowest BCUT2D eigenvalue weighted by atomic mass is 9.80. The van der Waals surface area contributed by atoms with Gasteiger partial charge >= 0.3 is 17.9 Å². The Morgan fingerprint density at radius 1 is 0.609 bits per heavy atom. The molecule has 1 unspecified atom stereocenters. The molecule has 1 fully saturated rings. The van der Waals surface area contributed by atoms with Gasteiger partial charge in [0.15, 0.2) is 24.6 Å². The van der Waals surface area contributed by atoms with Crippen molar-refractivity contribution in [1.82, 2.24) is 0 Å². The fourth-order valence-electron chi connectivity index (χ4n) is 5.65. The Bertz CT molecular complexity index is 1280. The van der Waals surface area contributed by atoms with Gasteiger partial charge in [0.05, 0.1) is 6.61 Å². The molecule has 0 spiro atoms. The zero-order chi connectivity index (χ0) is 32.9. The summed E-state index contributed by atoms with van der Waals surface area (Å²) in [6.07, 6.45) is -4.99. The third-order valence-electron chi connectivity index (χ3n) is 7.78. The van der Waals surface area contributed by atoms with Crippen molar-refractivity contribution < 1.29 is 43.2 Å². The van der Waals surface area contributed by atoms with E-state index < -0.39 is 54.2 Å². The molecule has 3 aromatic carbocycles. The lowest BCUT2D eigenvalue weighted by Crippen LogP contribution is -2.62. The number of ether oxygens (including phenoxy) is 5. The highest BCUT2D eigenvalue weighted by Gasteiger charge is 2.53. The fourth-order valence-corrected chi connectivity index (χ4v) is 5.65. The van der Waals surface area contributed by atoms with Crippen LogP contribution in [0.2, 0.25) is 0 Å². The Hall–Kier alpha value is -4.05. The van der Waals surface area contributed by atoms with Gasteiger partial charge in [0.1, 0.15) is 11.7 Å². The van der Waals surface area contributed by atoms with E-state index in [0.717, 1.165) is 16.7 Å². The monoisotopic (exact) mass is 632 g/mol. The molecular weight excluding hydrogens is 588 g/mol. The highest BCUT2D eigenvalue weighted by molar-refractivity contribution is 5.71. The average Bonchev–Trinajstić information content (AvgIpc) is 3.06. The Kier molecular flexibility index (Phi) is 12.9. The van der Waals surface area contributed by atoms with Gasteiger partial charge in [-0.25, -0.2) is 0 Å². The molecule has 0 aliphatic carbocycles. The van der Waals surface area contributed by atoms with Gasteiger partial charge in [0, 0.05) is 19.3 Å². The lowest BCUT2D eigenvalue weighted by molar-refractivity contribution is -0.300. The van der Waals surface area contributed by atoms with E-state index in [1.54, 1.807) is 0 Å². The highest BCUT2D eigenvalue weighted by atomic mass is 16.7. The Labute approximate surface area is 270 Å². The molecule has 1 N–H and O–H groups in total. The molecule has 0 amide bonds. The maximum absolute atomic E-state index is 13.0. The molecule has 46 heavy (non-hydrogen) atoms. The zero-order valence-corrected chi connectivity index (χ0v) is 26.7. The Balaban J connectivity index is 1.78. The molecule has 9 heteroatoms. The van der Waals surface area contributed by atoms with Crippen LogP contribution in [0.4, 0.5) is 0 Å². The van der Waals surface area contributed by atoms with Gasteiger partial charge in [0.25, 0.3) is 0 Å². The van der Waals surface area contributed by atoms with E-state index in [1.165, 1.54) is 0 Å². The number of hydrogen-bond acceptors (Lipinski definition) is 9. The van der Waals surface area contributed by atoms with E-state index in [0.29, 0.717) is 19.3 Å². The summed E-state index contributed by atoms with van der Waals surface area (Å²) >= 11 is 0. The van der Waals surface area contributed by atoms with Crippen molar-refractivity contribution in [1.29, 1.82) is 0 Å². The Morgan fingerprint density at radius 2 is 0.978 bits per heavy atom. The highest BCUT2D eigenvalue weighted by Crippen LogP contribution is 2.41. The summed E-state index contributed by atoms with van der Waals surface area (Å²) in [7, 11) is 0. The van der Waals surface area contributed by atoms with Crippen LogP contribution in [0.5, 0.6) is 0 Å². The second-order valence-corrected chi connectivity index (χ2v) is 11.3. The normalized spacial score (nSPS) is 21.3. The van der Waals surface area contributed by atoms with Crippen molar-refractivity contribution in [2.75, 3.05) is 6.61 Å². The van der Waals surface area contributed by atoms with Gasteiger partial charge in [-0.2, -0.15) is 0 Å². The molecule has 246 valence electrons. The first-order valence-electron chi connectivity index (χ1n) is 16.1. The molecule has 3 aromatic rings.